The molecule has 0 rings (SSSR count). The lowest BCUT2D eigenvalue weighted by Crippen LogP contribution is -2.37. The van der Waals surface area contributed by atoms with Crippen LogP contribution in [-0.4, -0.2) is 74.9 Å². The van der Waals surface area contributed by atoms with Gasteiger partial charge >= 0.3 is 19.8 Å². The van der Waals surface area contributed by atoms with Crippen LogP contribution in [0.5, 0.6) is 0 Å². The van der Waals surface area contributed by atoms with Crippen molar-refractivity contribution in [3.8, 4) is 0 Å². The largest absolute Gasteiger partial charge is 0.472 e. The molecule has 0 spiro atoms. The highest BCUT2D eigenvalue weighted by molar-refractivity contribution is 7.47. The van der Waals surface area contributed by atoms with Gasteiger partial charge in [-0.15, -0.1) is 0 Å². The van der Waals surface area contributed by atoms with Crippen molar-refractivity contribution in [2.24, 2.45) is 0 Å². The quantitative estimate of drug-likeness (QED) is 0.0212. The maximum Gasteiger partial charge on any atom is 0.472 e. The van der Waals surface area contributed by atoms with Crippen molar-refractivity contribution in [3.05, 3.63) is 48.6 Å². The molecule has 0 radical (unpaired) electrons. The van der Waals surface area contributed by atoms with Crippen LogP contribution in [0.2, 0.25) is 0 Å². The van der Waals surface area contributed by atoms with Gasteiger partial charge in [0.2, 0.25) is 0 Å². The van der Waals surface area contributed by atoms with Crippen LogP contribution in [-0.2, 0) is 32.7 Å². The Morgan fingerprint density at radius 3 is 1.35 bits per heavy atom. The molecule has 62 heavy (non-hydrogen) atoms. The molecule has 0 aliphatic rings. The predicted octanol–water partition coefficient (Wildman–Crippen LogP) is 15.0. The molecular formula is C52H97NO8P+. The molecule has 0 fully saturated rings. The van der Waals surface area contributed by atoms with Crippen molar-refractivity contribution < 1.29 is 42.1 Å². The van der Waals surface area contributed by atoms with Crippen LogP contribution < -0.4 is 0 Å². The summed E-state index contributed by atoms with van der Waals surface area (Å²) in [6.07, 6.45) is 53.2. The Bertz CT molecular complexity index is 1190. The Labute approximate surface area is 382 Å². The number of nitrogens with zero attached hydrogens (tertiary/aromatic N) is 1. The fourth-order valence-corrected chi connectivity index (χ4v) is 7.59. The first-order valence-electron chi connectivity index (χ1n) is 25.4. The molecule has 9 nitrogen and oxygen atoms in total. The number of hydrogen-bond acceptors (Lipinski definition) is 7. The monoisotopic (exact) mass is 895 g/mol. The fourth-order valence-electron chi connectivity index (χ4n) is 6.85. The molecule has 0 aromatic heterocycles. The zero-order valence-electron chi connectivity index (χ0n) is 40.9. The summed E-state index contributed by atoms with van der Waals surface area (Å²) < 4.78 is 34.4. The van der Waals surface area contributed by atoms with Gasteiger partial charge < -0.3 is 18.9 Å². The molecule has 1 N–H and O–H groups in total. The predicted molar refractivity (Wildman–Crippen MR) is 261 cm³/mol. The molecule has 0 heterocycles. The van der Waals surface area contributed by atoms with Gasteiger partial charge in [0.05, 0.1) is 27.7 Å². The van der Waals surface area contributed by atoms with E-state index in [4.69, 9.17) is 18.5 Å². The Morgan fingerprint density at radius 1 is 0.500 bits per heavy atom. The molecular weight excluding hydrogens is 798 g/mol. The van der Waals surface area contributed by atoms with Gasteiger partial charge in [-0.05, 0) is 70.6 Å². The zero-order chi connectivity index (χ0) is 45.7. The number of phosphoric acid groups is 1. The van der Waals surface area contributed by atoms with Gasteiger partial charge in [0.15, 0.2) is 6.10 Å². The standard InChI is InChI=1S/C52H96NO8P/c1-6-8-10-12-14-16-18-20-22-24-25-26-27-29-30-32-34-36-38-40-42-44-51(54)58-48-50(49-60-62(56,57)59-47-46-53(3,4)5)61-52(55)45-43-41-39-37-35-33-31-28-23-21-19-17-15-13-11-9-7-2/h20-23,31,33,37,39,50H,6-19,24-30,32,34-36,38,40-49H2,1-5H3/p+1/b22-20-,23-21-,33-31-,39-37-/t50-/m1/s1. The van der Waals surface area contributed by atoms with Gasteiger partial charge in [0.1, 0.15) is 19.8 Å². The van der Waals surface area contributed by atoms with Gasteiger partial charge in [-0.2, -0.15) is 0 Å². The summed E-state index contributed by atoms with van der Waals surface area (Å²) >= 11 is 0. The smallest absolute Gasteiger partial charge is 0.462 e. The second-order valence-corrected chi connectivity index (χ2v) is 19.6. The molecule has 362 valence electrons. The zero-order valence-corrected chi connectivity index (χ0v) is 41.7. The van der Waals surface area contributed by atoms with Crippen molar-refractivity contribution in [1.29, 1.82) is 0 Å². The normalized spacial score (nSPS) is 13.8. The number of carbonyl (C=O) groups excluding carboxylic acids is 2. The third kappa shape index (κ3) is 47.4. The first kappa shape index (κ1) is 60.0. The molecule has 2 atom stereocenters. The Morgan fingerprint density at radius 2 is 0.887 bits per heavy atom. The van der Waals surface area contributed by atoms with Crippen LogP contribution in [0.25, 0.3) is 0 Å². The first-order valence-corrected chi connectivity index (χ1v) is 26.9. The van der Waals surface area contributed by atoms with Gasteiger partial charge in [-0.3, -0.25) is 18.6 Å². The van der Waals surface area contributed by atoms with E-state index < -0.39 is 26.5 Å². The lowest BCUT2D eigenvalue weighted by molar-refractivity contribution is -0.870. The van der Waals surface area contributed by atoms with Crippen LogP contribution in [0, 0.1) is 0 Å². The number of phosphoric ester groups is 1. The molecule has 0 saturated carbocycles. The van der Waals surface area contributed by atoms with Crippen LogP contribution in [0.3, 0.4) is 0 Å². The third-order valence-electron chi connectivity index (χ3n) is 10.8. The van der Waals surface area contributed by atoms with E-state index in [2.05, 4.69) is 62.5 Å². The van der Waals surface area contributed by atoms with Gasteiger partial charge in [0.25, 0.3) is 0 Å². The number of esters is 2. The number of carbonyl (C=O) groups is 2. The van der Waals surface area contributed by atoms with Crippen molar-refractivity contribution in [2.45, 2.75) is 225 Å². The van der Waals surface area contributed by atoms with Crippen LogP contribution >= 0.6 is 7.82 Å². The average molecular weight is 895 g/mol. The number of rotatable bonds is 46. The molecule has 0 aliphatic carbocycles. The van der Waals surface area contributed by atoms with E-state index >= 15 is 0 Å². The van der Waals surface area contributed by atoms with E-state index in [1.807, 2.05) is 21.1 Å². The maximum atomic E-state index is 12.7. The molecule has 0 saturated heterocycles. The number of unbranched alkanes of at least 4 members (excludes halogenated alkanes) is 24. The van der Waals surface area contributed by atoms with Gasteiger partial charge in [-0.1, -0.05) is 184 Å². The van der Waals surface area contributed by atoms with Crippen molar-refractivity contribution >= 4 is 19.8 Å². The van der Waals surface area contributed by atoms with Crippen LogP contribution in [0.15, 0.2) is 48.6 Å². The number of allylic oxidation sites excluding steroid dienone is 8. The SMILES string of the molecule is CCCCCCCC/C=C\C/C=C\C/C=C\CCCC(=O)O[C@H](COC(=O)CCCCCCCCCCCCC/C=C\CCCCCCCC)COP(=O)(O)OCC[N+](C)(C)C. The molecule has 0 aromatic carbocycles. The van der Waals surface area contributed by atoms with Crippen LogP contribution in [0.4, 0.5) is 0 Å². The molecule has 0 aliphatic heterocycles. The second-order valence-electron chi connectivity index (χ2n) is 18.2. The molecule has 0 amide bonds. The van der Waals surface area contributed by atoms with E-state index in [-0.39, 0.29) is 32.0 Å². The molecule has 0 aromatic rings. The van der Waals surface area contributed by atoms with Crippen LogP contribution in [0.1, 0.15) is 219 Å². The van der Waals surface area contributed by atoms with E-state index in [9.17, 15) is 19.0 Å². The summed E-state index contributed by atoms with van der Waals surface area (Å²) in [5, 5.41) is 0. The van der Waals surface area contributed by atoms with E-state index in [0.29, 0.717) is 17.4 Å². The topological polar surface area (TPSA) is 108 Å². The Balaban J connectivity index is 4.31. The highest BCUT2D eigenvalue weighted by Crippen LogP contribution is 2.43. The molecule has 1 unspecified atom stereocenters. The minimum atomic E-state index is -4.39. The minimum Gasteiger partial charge on any atom is -0.462 e. The first-order chi connectivity index (χ1) is 30.0. The van der Waals surface area contributed by atoms with Gasteiger partial charge in [0, 0.05) is 12.8 Å². The molecule has 10 heteroatoms. The fraction of sp³-hybridized carbons (Fsp3) is 0.808. The van der Waals surface area contributed by atoms with Crippen molar-refractivity contribution in [2.75, 3.05) is 47.5 Å². The third-order valence-corrected chi connectivity index (χ3v) is 11.8. The highest BCUT2D eigenvalue weighted by Gasteiger charge is 2.27. The Kier molecular flexibility index (Phi) is 42.7. The van der Waals surface area contributed by atoms with E-state index in [1.54, 1.807) is 0 Å². The summed E-state index contributed by atoms with van der Waals surface area (Å²) in [4.78, 5) is 35.5. The number of hydrogen-bond donors (Lipinski definition) is 1. The minimum absolute atomic E-state index is 0.0219. The molecule has 0 bridgehead atoms. The summed E-state index contributed by atoms with van der Waals surface area (Å²) in [7, 11) is 1.45. The number of ether oxygens (including phenoxy) is 2. The van der Waals surface area contributed by atoms with E-state index in [0.717, 1.165) is 44.9 Å². The summed E-state index contributed by atoms with van der Waals surface area (Å²) in [5.74, 6) is -0.856. The number of likely N-dealkylation sites (N-methyl/N-ethyl adjacent to an activating group) is 1. The van der Waals surface area contributed by atoms with Crippen molar-refractivity contribution in [1.82, 2.24) is 0 Å². The average Bonchev–Trinajstić information content (AvgIpc) is 3.23. The van der Waals surface area contributed by atoms with E-state index in [1.165, 1.54) is 141 Å². The lowest BCUT2D eigenvalue weighted by Gasteiger charge is -2.24. The maximum absolute atomic E-state index is 12.7. The summed E-state index contributed by atoms with van der Waals surface area (Å²) in [6, 6.07) is 0. The van der Waals surface area contributed by atoms with Gasteiger partial charge in [-0.25, -0.2) is 4.57 Å². The van der Waals surface area contributed by atoms with Crippen molar-refractivity contribution in [3.63, 3.8) is 0 Å². The Hall–Kier alpha value is -2.03. The lowest BCUT2D eigenvalue weighted by atomic mass is 10.0. The highest BCUT2D eigenvalue weighted by atomic mass is 31.2. The second kappa shape index (κ2) is 44.2. The summed E-state index contributed by atoms with van der Waals surface area (Å²) in [5.41, 5.74) is 0. The summed E-state index contributed by atoms with van der Waals surface area (Å²) in [6.45, 7) is 4.37. The number of quaternary nitrogens is 1.